The molecule has 0 aromatic heterocycles. The molecule has 0 saturated heterocycles. The highest BCUT2D eigenvalue weighted by Gasteiger charge is 2.15. The second-order valence-electron chi connectivity index (χ2n) is 4.36. The molecule has 0 aromatic rings. The third kappa shape index (κ3) is 2.46. The molecule has 13 heavy (non-hydrogen) atoms. The van der Waals surface area contributed by atoms with Crippen molar-refractivity contribution in [1.82, 2.24) is 0 Å². The van der Waals surface area contributed by atoms with Crippen LogP contribution in [0.5, 0.6) is 0 Å². The lowest BCUT2D eigenvalue weighted by Crippen LogP contribution is -2.05. The molecule has 0 aliphatic heterocycles. The largest absolute Gasteiger partial charge is 0.0885 e. The van der Waals surface area contributed by atoms with Crippen LogP contribution in [0.15, 0.2) is 23.8 Å². The number of hydrogen-bond donors (Lipinski definition) is 0. The van der Waals surface area contributed by atoms with E-state index in [-0.39, 0.29) is 0 Å². The molecule has 0 bridgehead atoms. The third-order valence-electron chi connectivity index (χ3n) is 3.37. The van der Waals surface area contributed by atoms with E-state index in [2.05, 4.69) is 18.2 Å². The molecule has 0 saturated carbocycles. The zero-order valence-electron chi connectivity index (χ0n) is 8.47. The van der Waals surface area contributed by atoms with Crippen LogP contribution in [0.4, 0.5) is 0 Å². The first-order valence-corrected chi connectivity index (χ1v) is 5.81. The average molecular weight is 176 g/mol. The fourth-order valence-electron chi connectivity index (χ4n) is 2.54. The van der Waals surface area contributed by atoms with Gasteiger partial charge in [0.05, 0.1) is 0 Å². The maximum atomic E-state index is 2.54. The van der Waals surface area contributed by atoms with Crippen molar-refractivity contribution in [3.05, 3.63) is 23.8 Å². The molecule has 72 valence electrons. The van der Waals surface area contributed by atoms with Gasteiger partial charge in [-0.2, -0.15) is 0 Å². The van der Waals surface area contributed by atoms with E-state index in [0.29, 0.717) is 0 Å². The molecule has 0 heterocycles. The first-order chi connectivity index (χ1) is 6.47. The summed E-state index contributed by atoms with van der Waals surface area (Å²) in [5.41, 5.74) is 1.78. The molecule has 1 atom stereocenters. The van der Waals surface area contributed by atoms with Gasteiger partial charge < -0.3 is 0 Å². The Morgan fingerprint density at radius 2 is 2.00 bits per heavy atom. The molecule has 0 aromatic carbocycles. The molecule has 2 aliphatic carbocycles. The summed E-state index contributed by atoms with van der Waals surface area (Å²) in [4.78, 5) is 0. The van der Waals surface area contributed by atoms with E-state index in [0.717, 1.165) is 5.92 Å². The fourth-order valence-corrected chi connectivity index (χ4v) is 2.54. The molecule has 0 heteroatoms. The van der Waals surface area contributed by atoms with Gasteiger partial charge in [0.2, 0.25) is 0 Å². The molecule has 0 fully saturated rings. The van der Waals surface area contributed by atoms with Crippen molar-refractivity contribution in [3.63, 3.8) is 0 Å². The number of hydrogen-bond acceptors (Lipinski definition) is 0. The fraction of sp³-hybridized carbons (Fsp3) is 0.692. The summed E-state index contributed by atoms with van der Waals surface area (Å²) in [6, 6.07) is 0. The van der Waals surface area contributed by atoms with Gasteiger partial charge in [0.1, 0.15) is 0 Å². The van der Waals surface area contributed by atoms with Crippen molar-refractivity contribution in [2.45, 2.75) is 51.4 Å². The standard InChI is InChI=1S/C13H20/c1-2-5-9-12(8-4-1)13-10-6-3-7-11-13/h3,6,8,13H,1-2,4-5,7,9-11H2. The Kier molecular flexibility index (Phi) is 3.23. The van der Waals surface area contributed by atoms with Gasteiger partial charge in [-0.05, 0) is 50.9 Å². The summed E-state index contributed by atoms with van der Waals surface area (Å²) >= 11 is 0. The van der Waals surface area contributed by atoms with E-state index in [1.807, 2.05) is 0 Å². The van der Waals surface area contributed by atoms with E-state index in [4.69, 9.17) is 0 Å². The molecule has 1 unspecified atom stereocenters. The molecule has 0 spiro atoms. The highest BCUT2D eigenvalue weighted by atomic mass is 14.2. The summed E-state index contributed by atoms with van der Waals surface area (Å²) in [7, 11) is 0. The highest BCUT2D eigenvalue weighted by Crippen LogP contribution is 2.31. The van der Waals surface area contributed by atoms with Gasteiger partial charge in [0, 0.05) is 0 Å². The molecule has 0 amide bonds. The zero-order chi connectivity index (χ0) is 8.93. The minimum Gasteiger partial charge on any atom is -0.0885 e. The first-order valence-electron chi connectivity index (χ1n) is 5.81. The summed E-state index contributed by atoms with van der Waals surface area (Å²) in [5, 5.41) is 0. The van der Waals surface area contributed by atoms with Gasteiger partial charge >= 0.3 is 0 Å². The van der Waals surface area contributed by atoms with Crippen LogP contribution in [0, 0.1) is 5.92 Å². The van der Waals surface area contributed by atoms with Gasteiger partial charge in [0.15, 0.2) is 0 Å². The lowest BCUT2D eigenvalue weighted by atomic mass is 9.85. The van der Waals surface area contributed by atoms with Gasteiger partial charge in [-0.3, -0.25) is 0 Å². The lowest BCUT2D eigenvalue weighted by molar-refractivity contribution is 0.528. The topological polar surface area (TPSA) is 0 Å². The van der Waals surface area contributed by atoms with Crippen molar-refractivity contribution < 1.29 is 0 Å². The Morgan fingerprint density at radius 3 is 2.85 bits per heavy atom. The summed E-state index contributed by atoms with van der Waals surface area (Å²) in [6.07, 6.45) is 18.3. The summed E-state index contributed by atoms with van der Waals surface area (Å²) in [6.45, 7) is 0. The molecule has 2 aliphatic rings. The Balaban J connectivity index is 1.97. The van der Waals surface area contributed by atoms with Crippen molar-refractivity contribution in [3.8, 4) is 0 Å². The second kappa shape index (κ2) is 4.64. The lowest BCUT2D eigenvalue weighted by Gasteiger charge is -2.20. The van der Waals surface area contributed by atoms with Crippen LogP contribution in [-0.2, 0) is 0 Å². The minimum atomic E-state index is 0.906. The Morgan fingerprint density at radius 1 is 1.00 bits per heavy atom. The normalized spacial score (nSPS) is 29.5. The Bertz CT molecular complexity index is 210. The van der Waals surface area contributed by atoms with Crippen LogP contribution in [0.2, 0.25) is 0 Å². The van der Waals surface area contributed by atoms with E-state index in [1.165, 1.54) is 51.4 Å². The Hall–Kier alpha value is -0.520. The van der Waals surface area contributed by atoms with Crippen LogP contribution in [0.1, 0.15) is 51.4 Å². The SMILES string of the molecule is C1=CCC(C2=CCCCCC2)CC1. The molecule has 0 nitrogen and oxygen atoms in total. The van der Waals surface area contributed by atoms with Crippen molar-refractivity contribution in [2.24, 2.45) is 5.92 Å². The van der Waals surface area contributed by atoms with Crippen molar-refractivity contribution in [2.75, 3.05) is 0 Å². The van der Waals surface area contributed by atoms with Gasteiger partial charge in [-0.15, -0.1) is 0 Å². The summed E-state index contributed by atoms with van der Waals surface area (Å²) < 4.78 is 0. The summed E-state index contributed by atoms with van der Waals surface area (Å²) in [5.74, 6) is 0.906. The quantitative estimate of drug-likeness (QED) is 0.524. The third-order valence-corrected chi connectivity index (χ3v) is 3.37. The van der Waals surface area contributed by atoms with Gasteiger partial charge in [-0.25, -0.2) is 0 Å². The van der Waals surface area contributed by atoms with Crippen molar-refractivity contribution >= 4 is 0 Å². The van der Waals surface area contributed by atoms with Crippen LogP contribution < -0.4 is 0 Å². The van der Waals surface area contributed by atoms with Crippen molar-refractivity contribution in [1.29, 1.82) is 0 Å². The van der Waals surface area contributed by atoms with Crippen LogP contribution in [0.3, 0.4) is 0 Å². The average Bonchev–Trinajstić information content (AvgIpc) is 2.47. The van der Waals surface area contributed by atoms with Gasteiger partial charge in [-0.1, -0.05) is 30.2 Å². The number of allylic oxidation sites excluding steroid dienone is 4. The van der Waals surface area contributed by atoms with E-state index in [1.54, 1.807) is 5.57 Å². The van der Waals surface area contributed by atoms with E-state index >= 15 is 0 Å². The highest BCUT2D eigenvalue weighted by molar-refractivity contribution is 5.12. The Labute approximate surface area is 81.7 Å². The molecule has 0 N–H and O–H groups in total. The second-order valence-corrected chi connectivity index (χ2v) is 4.36. The molecule has 2 rings (SSSR count). The minimum absolute atomic E-state index is 0.906. The van der Waals surface area contributed by atoms with Crippen LogP contribution >= 0.6 is 0 Å². The smallest absolute Gasteiger partial charge is 0.0166 e. The van der Waals surface area contributed by atoms with E-state index < -0.39 is 0 Å². The molecular weight excluding hydrogens is 156 g/mol. The van der Waals surface area contributed by atoms with Gasteiger partial charge in [0.25, 0.3) is 0 Å². The van der Waals surface area contributed by atoms with Crippen LogP contribution in [0.25, 0.3) is 0 Å². The maximum absolute atomic E-state index is 2.54. The molecular formula is C13H20. The number of rotatable bonds is 1. The monoisotopic (exact) mass is 176 g/mol. The zero-order valence-corrected chi connectivity index (χ0v) is 8.47. The van der Waals surface area contributed by atoms with E-state index in [9.17, 15) is 0 Å². The first kappa shape index (κ1) is 9.05. The molecule has 0 radical (unpaired) electrons. The predicted molar refractivity (Wildman–Crippen MR) is 57.6 cm³/mol. The maximum Gasteiger partial charge on any atom is -0.0166 e. The van der Waals surface area contributed by atoms with Crippen LogP contribution in [-0.4, -0.2) is 0 Å². The predicted octanol–water partition coefficient (Wildman–Crippen LogP) is 4.23.